The normalized spacial score (nSPS) is 15.6. The van der Waals surface area contributed by atoms with Crippen molar-refractivity contribution in [1.82, 2.24) is 4.57 Å². The number of carbonyl (C=O) groups is 1. The number of piperidine rings is 1. The van der Waals surface area contributed by atoms with Crippen molar-refractivity contribution < 1.29 is 9.90 Å². The third-order valence-corrected chi connectivity index (χ3v) is 4.93. The lowest BCUT2D eigenvalue weighted by molar-refractivity contribution is 0.101. The van der Waals surface area contributed by atoms with E-state index in [1.807, 2.05) is 41.1 Å². The standard InChI is InChI=1S/C20H27N3O2/c1-15(2)23-11-5-8-19(23)20(25)21-17-6-3-4-7-18(17)22-12-9-16(14-24)10-13-22/h3-8,11,15-16,24H,9-10,12-14H2,1-2H3,(H,21,25). The number of carbonyl (C=O) groups excluding carboxylic acids is 1. The van der Waals surface area contributed by atoms with Gasteiger partial charge in [0.05, 0.1) is 11.4 Å². The van der Waals surface area contributed by atoms with Crippen LogP contribution in [0.1, 0.15) is 43.2 Å². The minimum atomic E-state index is -0.0867. The van der Waals surface area contributed by atoms with Gasteiger partial charge in [0.1, 0.15) is 5.69 Å². The van der Waals surface area contributed by atoms with Crippen molar-refractivity contribution >= 4 is 17.3 Å². The lowest BCUT2D eigenvalue weighted by Crippen LogP contribution is -2.35. The molecule has 1 aromatic carbocycles. The molecule has 5 heteroatoms. The fourth-order valence-corrected chi connectivity index (χ4v) is 3.43. The van der Waals surface area contributed by atoms with Gasteiger partial charge in [-0.25, -0.2) is 0 Å². The number of rotatable bonds is 5. The number of benzene rings is 1. The van der Waals surface area contributed by atoms with Crippen LogP contribution < -0.4 is 10.2 Å². The van der Waals surface area contributed by atoms with Crippen molar-refractivity contribution in [3.63, 3.8) is 0 Å². The first-order valence-electron chi connectivity index (χ1n) is 9.03. The van der Waals surface area contributed by atoms with Crippen LogP contribution in [0.25, 0.3) is 0 Å². The Morgan fingerprint density at radius 1 is 1.20 bits per heavy atom. The Morgan fingerprint density at radius 3 is 2.60 bits per heavy atom. The topological polar surface area (TPSA) is 57.5 Å². The van der Waals surface area contributed by atoms with E-state index >= 15 is 0 Å². The monoisotopic (exact) mass is 341 g/mol. The summed E-state index contributed by atoms with van der Waals surface area (Å²) >= 11 is 0. The van der Waals surface area contributed by atoms with Gasteiger partial charge in [0.2, 0.25) is 0 Å². The fraction of sp³-hybridized carbons (Fsp3) is 0.450. The lowest BCUT2D eigenvalue weighted by Gasteiger charge is -2.34. The highest BCUT2D eigenvalue weighted by molar-refractivity contribution is 6.05. The van der Waals surface area contributed by atoms with Crippen LogP contribution in [0.15, 0.2) is 42.6 Å². The maximum Gasteiger partial charge on any atom is 0.272 e. The van der Waals surface area contributed by atoms with Crippen molar-refractivity contribution in [2.45, 2.75) is 32.7 Å². The Hall–Kier alpha value is -2.27. The predicted octanol–water partition coefficient (Wildman–Crippen LogP) is 3.53. The number of hydrogen-bond donors (Lipinski definition) is 2. The average Bonchev–Trinajstić information content (AvgIpc) is 3.12. The van der Waals surface area contributed by atoms with E-state index in [4.69, 9.17) is 0 Å². The second kappa shape index (κ2) is 7.74. The van der Waals surface area contributed by atoms with Gasteiger partial charge >= 0.3 is 0 Å². The van der Waals surface area contributed by atoms with E-state index in [-0.39, 0.29) is 18.6 Å². The third kappa shape index (κ3) is 3.87. The van der Waals surface area contributed by atoms with Gasteiger partial charge in [0.25, 0.3) is 5.91 Å². The summed E-state index contributed by atoms with van der Waals surface area (Å²) in [6.45, 7) is 6.20. The predicted molar refractivity (Wildman–Crippen MR) is 101 cm³/mol. The summed E-state index contributed by atoms with van der Waals surface area (Å²) in [7, 11) is 0. The largest absolute Gasteiger partial charge is 0.396 e. The third-order valence-electron chi connectivity index (χ3n) is 4.93. The molecule has 1 fully saturated rings. The van der Waals surface area contributed by atoms with E-state index in [1.54, 1.807) is 0 Å². The molecule has 1 aliphatic rings. The van der Waals surface area contributed by atoms with E-state index < -0.39 is 0 Å². The van der Waals surface area contributed by atoms with Crippen molar-refractivity contribution in [2.24, 2.45) is 5.92 Å². The fourth-order valence-electron chi connectivity index (χ4n) is 3.43. The van der Waals surface area contributed by atoms with Crippen molar-refractivity contribution in [3.8, 4) is 0 Å². The molecule has 2 heterocycles. The van der Waals surface area contributed by atoms with Crippen LogP contribution in [0.3, 0.4) is 0 Å². The minimum Gasteiger partial charge on any atom is -0.396 e. The van der Waals surface area contributed by atoms with Crippen LogP contribution in [0.4, 0.5) is 11.4 Å². The second-order valence-corrected chi connectivity index (χ2v) is 6.98. The van der Waals surface area contributed by atoms with Crippen LogP contribution in [-0.2, 0) is 0 Å². The molecule has 0 atom stereocenters. The Balaban J connectivity index is 1.77. The van der Waals surface area contributed by atoms with Gasteiger partial charge in [-0.3, -0.25) is 4.79 Å². The van der Waals surface area contributed by atoms with Crippen molar-refractivity contribution in [1.29, 1.82) is 0 Å². The summed E-state index contributed by atoms with van der Waals surface area (Å²) < 4.78 is 1.98. The molecule has 25 heavy (non-hydrogen) atoms. The van der Waals surface area contributed by atoms with Crippen LogP contribution in [-0.4, -0.2) is 35.3 Å². The molecule has 0 unspecified atom stereocenters. The van der Waals surface area contributed by atoms with Crippen LogP contribution >= 0.6 is 0 Å². The molecule has 3 rings (SSSR count). The molecular weight excluding hydrogens is 314 g/mol. The Bertz CT molecular complexity index is 715. The molecule has 0 aliphatic carbocycles. The van der Waals surface area contributed by atoms with E-state index in [2.05, 4.69) is 30.1 Å². The summed E-state index contributed by atoms with van der Waals surface area (Å²) in [4.78, 5) is 15.0. The van der Waals surface area contributed by atoms with Crippen LogP contribution in [0.5, 0.6) is 0 Å². The second-order valence-electron chi connectivity index (χ2n) is 6.98. The zero-order chi connectivity index (χ0) is 17.8. The quantitative estimate of drug-likeness (QED) is 0.875. The number of nitrogens with one attached hydrogen (secondary N) is 1. The highest BCUT2D eigenvalue weighted by Gasteiger charge is 2.21. The Labute approximate surface area is 149 Å². The van der Waals surface area contributed by atoms with Crippen LogP contribution in [0.2, 0.25) is 0 Å². The molecular formula is C20H27N3O2. The molecule has 1 aliphatic heterocycles. The van der Waals surface area contributed by atoms with Gasteiger partial charge in [-0.15, -0.1) is 0 Å². The molecule has 134 valence electrons. The maximum atomic E-state index is 12.8. The number of hydrogen-bond acceptors (Lipinski definition) is 3. The smallest absolute Gasteiger partial charge is 0.272 e. The maximum absolute atomic E-state index is 12.8. The van der Waals surface area contributed by atoms with Crippen molar-refractivity contribution in [2.75, 3.05) is 29.9 Å². The zero-order valence-corrected chi connectivity index (χ0v) is 15.0. The van der Waals surface area contributed by atoms with Gasteiger partial charge in [0, 0.05) is 31.9 Å². The number of aromatic nitrogens is 1. The van der Waals surface area contributed by atoms with Gasteiger partial charge < -0.3 is 19.9 Å². The minimum absolute atomic E-state index is 0.0867. The molecule has 2 aromatic rings. The summed E-state index contributed by atoms with van der Waals surface area (Å²) in [5, 5.41) is 12.4. The van der Waals surface area contributed by atoms with Gasteiger partial charge in [-0.2, -0.15) is 0 Å². The van der Waals surface area contributed by atoms with E-state index in [9.17, 15) is 9.90 Å². The molecule has 1 saturated heterocycles. The average molecular weight is 341 g/mol. The summed E-state index contributed by atoms with van der Waals surface area (Å²) in [5.74, 6) is 0.309. The zero-order valence-electron chi connectivity index (χ0n) is 15.0. The van der Waals surface area contributed by atoms with E-state index in [0.717, 1.165) is 37.3 Å². The number of nitrogens with zero attached hydrogens (tertiary/aromatic N) is 2. The van der Waals surface area contributed by atoms with Crippen LogP contribution in [0, 0.1) is 5.92 Å². The van der Waals surface area contributed by atoms with Crippen molar-refractivity contribution in [3.05, 3.63) is 48.3 Å². The molecule has 0 spiro atoms. The molecule has 5 nitrogen and oxygen atoms in total. The van der Waals surface area contributed by atoms with E-state index in [0.29, 0.717) is 11.6 Å². The molecule has 1 amide bonds. The summed E-state index contributed by atoms with van der Waals surface area (Å²) in [5.41, 5.74) is 2.56. The Morgan fingerprint density at radius 2 is 1.92 bits per heavy atom. The summed E-state index contributed by atoms with van der Waals surface area (Å²) in [6, 6.07) is 11.9. The van der Waals surface area contributed by atoms with Gasteiger partial charge in [-0.1, -0.05) is 12.1 Å². The first-order valence-corrected chi connectivity index (χ1v) is 9.03. The van der Waals surface area contributed by atoms with Gasteiger partial charge in [-0.05, 0) is 56.9 Å². The lowest BCUT2D eigenvalue weighted by atomic mass is 9.97. The number of aliphatic hydroxyl groups is 1. The highest BCUT2D eigenvalue weighted by Crippen LogP contribution is 2.30. The van der Waals surface area contributed by atoms with Gasteiger partial charge in [0.15, 0.2) is 0 Å². The number of para-hydroxylation sites is 2. The molecule has 1 aromatic heterocycles. The van der Waals surface area contributed by atoms with E-state index in [1.165, 1.54) is 0 Å². The summed E-state index contributed by atoms with van der Waals surface area (Å²) in [6.07, 6.45) is 3.90. The first kappa shape index (κ1) is 17.5. The molecule has 0 radical (unpaired) electrons. The number of amides is 1. The molecule has 0 bridgehead atoms. The Kier molecular flexibility index (Phi) is 5.43. The highest BCUT2D eigenvalue weighted by atomic mass is 16.3. The number of aliphatic hydroxyl groups excluding tert-OH is 1. The molecule has 2 N–H and O–H groups in total. The first-order chi connectivity index (χ1) is 12.1. The SMILES string of the molecule is CC(C)n1cccc1C(=O)Nc1ccccc1N1CCC(CO)CC1. The molecule has 0 saturated carbocycles. The number of anilines is 2.